The number of methoxy groups -OCH3 is 1. The van der Waals surface area contributed by atoms with Crippen LogP contribution in [0.3, 0.4) is 0 Å². The molecule has 186 valence electrons. The number of amides is 1. The summed E-state index contributed by atoms with van der Waals surface area (Å²) in [5.41, 5.74) is -0.289. The first-order valence-corrected chi connectivity index (χ1v) is 11.4. The van der Waals surface area contributed by atoms with Gasteiger partial charge >= 0.3 is 0 Å². The molecule has 0 saturated carbocycles. The van der Waals surface area contributed by atoms with Crippen LogP contribution in [0.1, 0.15) is 46.0 Å². The summed E-state index contributed by atoms with van der Waals surface area (Å²) >= 11 is 0. The van der Waals surface area contributed by atoms with Crippen LogP contribution in [0.15, 0.2) is 0 Å². The van der Waals surface area contributed by atoms with Gasteiger partial charge in [-0.2, -0.15) is 0 Å². The van der Waals surface area contributed by atoms with E-state index in [2.05, 4.69) is 0 Å². The van der Waals surface area contributed by atoms with E-state index in [4.69, 9.17) is 23.7 Å². The SMILES string of the molecule is COCCOCCOCCOCCOCCC(=O)N1CCC(CC(C)=O)(CC(C)=O)CC1. The summed E-state index contributed by atoms with van der Waals surface area (Å²) < 4.78 is 26.5. The third-order valence-corrected chi connectivity index (χ3v) is 5.43. The van der Waals surface area contributed by atoms with Crippen molar-refractivity contribution in [3.8, 4) is 0 Å². The van der Waals surface area contributed by atoms with Gasteiger partial charge in [0.25, 0.3) is 0 Å². The maximum atomic E-state index is 12.4. The molecular weight excluding hydrogens is 418 g/mol. The topological polar surface area (TPSA) is 101 Å². The Morgan fingerprint density at radius 2 is 1.09 bits per heavy atom. The normalized spacial score (nSPS) is 15.7. The van der Waals surface area contributed by atoms with Crippen molar-refractivity contribution in [3.05, 3.63) is 0 Å². The lowest BCUT2D eigenvalue weighted by Crippen LogP contribution is -2.44. The smallest absolute Gasteiger partial charge is 0.224 e. The summed E-state index contributed by atoms with van der Waals surface area (Å²) in [7, 11) is 1.63. The van der Waals surface area contributed by atoms with Crippen LogP contribution in [0.25, 0.3) is 0 Å². The Morgan fingerprint density at radius 3 is 1.50 bits per heavy atom. The molecule has 0 unspecified atom stereocenters. The number of carbonyl (C=O) groups excluding carboxylic acids is 3. The predicted molar refractivity (Wildman–Crippen MR) is 119 cm³/mol. The second-order valence-electron chi connectivity index (χ2n) is 8.33. The lowest BCUT2D eigenvalue weighted by molar-refractivity contribution is -0.135. The molecule has 0 radical (unpaired) electrons. The fourth-order valence-corrected chi connectivity index (χ4v) is 3.92. The molecule has 0 aromatic carbocycles. The Kier molecular flexibility index (Phi) is 15.3. The van der Waals surface area contributed by atoms with E-state index in [1.807, 2.05) is 4.90 Å². The molecule has 9 nitrogen and oxygen atoms in total. The zero-order valence-electron chi connectivity index (χ0n) is 20.0. The van der Waals surface area contributed by atoms with Gasteiger partial charge in [-0.1, -0.05) is 0 Å². The van der Waals surface area contributed by atoms with Crippen LogP contribution in [0.4, 0.5) is 0 Å². The molecule has 0 atom stereocenters. The summed E-state index contributed by atoms with van der Waals surface area (Å²) in [4.78, 5) is 37.5. The van der Waals surface area contributed by atoms with Crippen LogP contribution in [-0.4, -0.2) is 102 Å². The van der Waals surface area contributed by atoms with Gasteiger partial charge in [-0.05, 0) is 32.1 Å². The summed E-state index contributed by atoms with van der Waals surface area (Å²) in [5.74, 6) is 0.242. The quantitative estimate of drug-likeness (QED) is 0.269. The molecule has 1 heterocycles. The maximum Gasteiger partial charge on any atom is 0.224 e. The molecule has 0 spiro atoms. The molecule has 0 N–H and O–H groups in total. The third kappa shape index (κ3) is 13.2. The van der Waals surface area contributed by atoms with Crippen molar-refractivity contribution < 1.29 is 38.1 Å². The Hall–Kier alpha value is -1.39. The molecule has 9 heteroatoms. The molecule has 0 aromatic heterocycles. The Balaban J connectivity index is 2.04. The van der Waals surface area contributed by atoms with E-state index in [1.54, 1.807) is 21.0 Å². The largest absolute Gasteiger partial charge is 0.382 e. The average molecular weight is 460 g/mol. The van der Waals surface area contributed by atoms with Gasteiger partial charge in [0.05, 0.1) is 65.9 Å². The Labute approximate surface area is 192 Å². The van der Waals surface area contributed by atoms with Crippen molar-refractivity contribution in [3.63, 3.8) is 0 Å². The summed E-state index contributed by atoms with van der Waals surface area (Å²) in [5, 5.41) is 0. The average Bonchev–Trinajstić information content (AvgIpc) is 2.73. The third-order valence-electron chi connectivity index (χ3n) is 5.43. The van der Waals surface area contributed by atoms with Gasteiger partial charge in [0, 0.05) is 33.0 Å². The van der Waals surface area contributed by atoms with Crippen LogP contribution in [-0.2, 0) is 38.1 Å². The van der Waals surface area contributed by atoms with Gasteiger partial charge in [-0.25, -0.2) is 0 Å². The minimum atomic E-state index is -0.289. The second kappa shape index (κ2) is 17.1. The molecule has 1 fully saturated rings. The number of Topliss-reactive ketones (excluding diaryl/α,β-unsaturated/α-hetero) is 2. The van der Waals surface area contributed by atoms with Gasteiger partial charge in [-0.3, -0.25) is 4.79 Å². The van der Waals surface area contributed by atoms with E-state index in [-0.39, 0.29) is 22.9 Å². The highest BCUT2D eigenvalue weighted by molar-refractivity contribution is 5.80. The first-order chi connectivity index (χ1) is 15.4. The van der Waals surface area contributed by atoms with Crippen molar-refractivity contribution in [2.75, 3.05) is 79.7 Å². The van der Waals surface area contributed by atoms with Crippen LogP contribution in [0.2, 0.25) is 0 Å². The first-order valence-electron chi connectivity index (χ1n) is 11.4. The highest BCUT2D eigenvalue weighted by Gasteiger charge is 2.37. The monoisotopic (exact) mass is 459 g/mol. The lowest BCUT2D eigenvalue weighted by atomic mass is 9.71. The van der Waals surface area contributed by atoms with E-state index in [1.165, 1.54) is 0 Å². The minimum Gasteiger partial charge on any atom is -0.382 e. The van der Waals surface area contributed by atoms with Crippen molar-refractivity contribution in [2.24, 2.45) is 5.41 Å². The van der Waals surface area contributed by atoms with Gasteiger partial charge in [0.15, 0.2) is 0 Å². The van der Waals surface area contributed by atoms with Gasteiger partial charge < -0.3 is 38.2 Å². The molecule has 1 amide bonds. The summed E-state index contributed by atoms with van der Waals surface area (Å²) in [6.07, 6.45) is 2.51. The number of hydrogen-bond acceptors (Lipinski definition) is 8. The Bertz CT molecular complexity index is 528. The number of likely N-dealkylation sites (tertiary alicyclic amines) is 1. The number of carbonyl (C=O) groups is 3. The zero-order valence-corrected chi connectivity index (χ0v) is 20.0. The van der Waals surface area contributed by atoms with Gasteiger partial charge in [-0.15, -0.1) is 0 Å². The highest BCUT2D eigenvalue weighted by Crippen LogP contribution is 2.39. The van der Waals surface area contributed by atoms with Crippen LogP contribution >= 0.6 is 0 Å². The van der Waals surface area contributed by atoms with Crippen molar-refractivity contribution in [1.29, 1.82) is 0 Å². The number of nitrogens with zero attached hydrogens (tertiary/aromatic N) is 1. The fraction of sp³-hybridized carbons (Fsp3) is 0.870. The second-order valence-corrected chi connectivity index (χ2v) is 8.33. The van der Waals surface area contributed by atoms with E-state index in [0.29, 0.717) is 105 Å². The number of piperidine rings is 1. The van der Waals surface area contributed by atoms with Crippen LogP contribution in [0, 0.1) is 5.41 Å². The Morgan fingerprint density at radius 1 is 0.688 bits per heavy atom. The maximum absolute atomic E-state index is 12.4. The number of hydrogen-bond donors (Lipinski definition) is 0. The molecule has 0 bridgehead atoms. The summed E-state index contributed by atoms with van der Waals surface area (Å²) in [6, 6.07) is 0. The minimum absolute atomic E-state index is 0.0475. The molecule has 0 aromatic rings. The van der Waals surface area contributed by atoms with Crippen molar-refractivity contribution in [2.45, 2.75) is 46.0 Å². The molecule has 1 aliphatic heterocycles. The van der Waals surface area contributed by atoms with E-state index >= 15 is 0 Å². The molecule has 0 aliphatic carbocycles. The molecular formula is C23H41NO8. The number of ketones is 2. The van der Waals surface area contributed by atoms with Gasteiger partial charge in [0.2, 0.25) is 5.91 Å². The first kappa shape index (κ1) is 28.6. The van der Waals surface area contributed by atoms with Crippen molar-refractivity contribution >= 4 is 17.5 Å². The number of rotatable bonds is 19. The molecule has 1 saturated heterocycles. The number of ether oxygens (including phenoxy) is 5. The van der Waals surface area contributed by atoms with E-state index < -0.39 is 0 Å². The summed E-state index contributed by atoms with van der Waals surface area (Å²) in [6.45, 7) is 8.69. The fourth-order valence-electron chi connectivity index (χ4n) is 3.92. The highest BCUT2D eigenvalue weighted by atomic mass is 16.6. The molecule has 32 heavy (non-hydrogen) atoms. The predicted octanol–water partition coefficient (Wildman–Crippen LogP) is 1.66. The zero-order chi connectivity index (χ0) is 23.7. The van der Waals surface area contributed by atoms with Crippen LogP contribution < -0.4 is 0 Å². The van der Waals surface area contributed by atoms with Gasteiger partial charge in [0.1, 0.15) is 11.6 Å². The van der Waals surface area contributed by atoms with E-state index in [0.717, 1.165) is 0 Å². The van der Waals surface area contributed by atoms with Crippen LogP contribution in [0.5, 0.6) is 0 Å². The van der Waals surface area contributed by atoms with Crippen molar-refractivity contribution in [1.82, 2.24) is 4.90 Å². The standard InChI is InChI=1S/C23H41NO8/c1-20(25)18-23(19-21(2)26)5-7-24(8-6-23)22(27)4-9-29-12-13-31-16-17-32-15-14-30-11-10-28-3/h4-19H2,1-3H3. The van der Waals surface area contributed by atoms with E-state index in [9.17, 15) is 14.4 Å². The molecule has 1 aliphatic rings. The lowest BCUT2D eigenvalue weighted by Gasteiger charge is -2.41. The molecule has 1 rings (SSSR count).